The minimum Gasteiger partial charge on any atom is -0.465 e. The number of nitrogens with zero attached hydrogens (tertiary/aromatic N) is 3. The van der Waals surface area contributed by atoms with Gasteiger partial charge in [-0.1, -0.05) is 54.6 Å². The van der Waals surface area contributed by atoms with Crippen molar-refractivity contribution in [3.63, 3.8) is 0 Å². The maximum absolute atomic E-state index is 13.5. The topological polar surface area (TPSA) is 77.1 Å². The van der Waals surface area contributed by atoms with Gasteiger partial charge in [0, 0.05) is 6.20 Å². The Bertz CT molecular complexity index is 1110. The van der Waals surface area contributed by atoms with E-state index in [0.29, 0.717) is 6.42 Å². The second-order valence-electron chi connectivity index (χ2n) is 7.83. The summed E-state index contributed by atoms with van der Waals surface area (Å²) in [6.07, 6.45) is 4.13. The van der Waals surface area contributed by atoms with Crippen LogP contribution in [0, 0.1) is 28.1 Å². The van der Waals surface area contributed by atoms with E-state index >= 15 is 0 Å². The van der Waals surface area contributed by atoms with Gasteiger partial charge in [0.2, 0.25) is 5.54 Å². The first-order chi connectivity index (χ1) is 14.1. The molecule has 0 unspecified atom stereocenters. The zero-order valence-corrected chi connectivity index (χ0v) is 16.0. The lowest BCUT2D eigenvalue weighted by Gasteiger charge is -2.39. The first kappa shape index (κ1) is 17.5. The highest BCUT2D eigenvalue weighted by molar-refractivity contribution is 5.90. The van der Waals surface area contributed by atoms with Crippen molar-refractivity contribution in [2.45, 2.75) is 30.3 Å². The minimum absolute atomic E-state index is 0.252. The molecule has 2 fully saturated rings. The molecule has 1 saturated heterocycles. The summed E-state index contributed by atoms with van der Waals surface area (Å²) in [5.74, 6) is -0.337. The number of rotatable bonds is 3. The van der Waals surface area contributed by atoms with Crippen LogP contribution in [0.5, 0.6) is 0 Å². The monoisotopic (exact) mass is 381 g/mol. The first-order valence-corrected chi connectivity index (χ1v) is 9.74. The molecule has 5 heteroatoms. The molecule has 0 radical (unpaired) electrons. The van der Waals surface area contributed by atoms with Crippen molar-refractivity contribution in [2.24, 2.45) is 5.41 Å². The van der Waals surface area contributed by atoms with Gasteiger partial charge in [0.1, 0.15) is 17.6 Å². The zero-order valence-electron chi connectivity index (χ0n) is 16.0. The lowest BCUT2D eigenvalue weighted by molar-refractivity contribution is -0.151. The highest BCUT2D eigenvalue weighted by atomic mass is 16.5. The maximum Gasteiger partial charge on any atom is 0.315 e. The summed E-state index contributed by atoms with van der Waals surface area (Å²) in [5, 5.41) is 20.7. The van der Waals surface area contributed by atoms with Crippen LogP contribution in [0.25, 0.3) is 6.08 Å². The van der Waals surface area contributed by atoms with Gasteiger partial charge in [-0.15, -0.1) is 0 Å². The number of benzene rings is 2. The molecule has 0 bridgehead atoms. The smallest absolute Gasteiger partial charge is 0.315 e. The van der Waals surface area contributed by atoms with E-state index in [9.17, 15) is 15.3 Å². The third kappa shape index (κ3) is 1.77. The number of piperidine rings is 1. The quantitative estimate of drug-likeness (QED) is 0.758. The molecule has 5 nitrogen and oxygen atoms in total. The van der Waals surface area contributed by atoms with E-state index in [1.165, 1.54) is 0 Å². The molecule has 0 aromatic heterocycles. The van der Waals surface area contributed by atoms with Crippen LogP contribution in [-0.2, 0) is 14.9 Å². The minimum atomic E-state index is -1.50. The summed E-state index contributed by atoms with van der Waals surface area (Å²) in [4.78, 5) is 15.3. The number of hydrogen-bond donors (Lipinski definition) is 0. The van der Waals surface area contributed by atoms with Crippen LogP contribution in [-0.4, -0.2) is 23.0 Å². The molecule has 0 spiro atoms. The third-order valence-electron chi connectivity index (χ3n) is 6.87. The van der Waals surface area contributed by atoms with E-state index < -0.39 is 22.4 Å². The number of carbonyl (C=O) groups excluding carboxylic acids is 1. The lowest BCUT2D eigenvalue weighted by atomic mass is 9.74. The van der Waals surface area contributed by atoms with Crippen LogP contribution in [0.3, 0.4) is 0 Å². The molecule has 0 N–H and O–H groups in total. The Kier molecular flexibility index (Phi) is 3.46. The summed E-state index contributed by atoms with van der Waals surface area (Å²) >= 11 is 0. The van der Waals surface area contributed by atoms with E-state index in [1.54, 1.807) is 18.0 Å². The molecule has 2 aromatic rings. The van der Waals surface area contributed by atoms with E-state index in [1.807, 2.05) is 60.7 Å². The molecular formula is C24H19N3O2. The van der Waals surface area contributed by atoms with Crippen molar-refractivity contribution in [1.82, 2.24) is 4.90 Å². The maximum atomic E-state index is 13.5. The molecule has 2 aromatic carbocycles. The van der Waals surface area contributed by atoms with Crippen molar-refractivity contribution in [3.8, 4) is 12.1 Å². The van der Waals surface area contributed by atoms with Gasteiger partial charge in [0.05, 0.1) is 18.1 Å². The fraction of sp³-hybridized carbons (Fsp3) is 0.292. The Morgan fingerprint density at radius 3 is 2.52 bits per heavy atom. The van der Waals surface area contributed by atoms with Crippen LogP contribution in [0.15, 0.2) is 60.8 Å². The SMILES string of the molecule is CCOC(=O)[C@@]12C[C@]1(c1ccccc1)C(C#N)(C#N)N1C=Cc3ccccc3[C@@H]12. The van der Waals surface area contributed by atoms with Crippen LogP contribution in [0.4, 0.5) is 0 Å². The molecular weight excluding hydrogens is 362 g/mol. The molecule has 3 atom stereocenters. The molecule has 2 heterocycles. The Labute approximate surface area is 169 Å². The summed E-state index contributed by atoms with van der Waals surface area (Å²) in [6.45, 7) is 2.03. The van der Waals surface area contributed by atoms with Gasteiger partial charge in [-0.25, -0.2) is 0 Å². The average molecular weight is 381 g/mol. The second-order valence-corrected chi connectivity index (χ2v) is 7.83. The normalized spacial score (nSPS) is 29.6. The molecule has 3 aliphatic rings. The number of ether oxygens (including phenoxy) is 1. The molecule has 5 rings (SSSR count). The Morgan fingerprint density at radius 1 is 1.14 bits per heavy atom. The zero-order chi connectivity index (χ0) is 20.3. The van der Waals surface area contributed by atoms with Gasteiger partial charge >= 0.3 is 5.97 Å². The predicted octanol–water partition coefficient (Wildman–Crippen LogP) is 3.70. The van der Waals surface area contributed by atoms with Crippen molar-refractivity contribution in [3.05, 3.63) is 77.5 Å². The van der Waals surface area contributed by atoms with E-state index in [-0.39, 0.29) is 12.6 Å². The molecule has 1 saturated carbocycles. The number of fused-ring (bicyclic) bond motifs is 5. The first-order valence-electron chi connectivity index (χ1n) is 9.74. The number of esters is 1. The highest BCUT2D eigenvalue weighted by Gasteiger charge is 2.92. The highest BCUT2D eigenvalue weighted by Crippen LogP contribution is 2.82. The van der Waals surface area contributed by atoms with E-state index in [2.05, 4.69) is 12.1 Å². The third-order valence-corrected chi connectivity index (χ3v) is 6.87. The molecule has 0 amide bonds. The summed E-state index contributed by atoms with van der Waals surface area (Å²) in [6, 6.07) is 21.6. The fourth-order valence-corrected chi connectivity index (χ4v) is 5.73. The summed E-state index contributed by atoms with van der Waals surface area (Å²) < 4.78 is 5.55. The number of carbonyl (C=O) groups is 1. The van der Waals surface area contributed by atoms with E-state index in [0.717, 1.165) is 16.7 Å². The number of hydrogen-bond acceptors (Lipinski definition) is 5. The summed E-state index contributed by atoms with van der Waals surface area (Å²) in [7, 11) is 0. The lowest BCUT2D eigenvalue weighted by Crippen LogP contribution is -2.49. The molecule has 29 heavy (non-hydrogen) atoms. The van der Waals surface area contributed by atoms with Crippen LogP contribution in [0.2, 0.25) is 0 Å². The van der Waals surface area contributed by atoms with Crippen LogP contribution in [0.1, 0.15) is 36.1 Å². The average Bonchev–Trinajstić information content (AvgIpc) is 3.43. The van der Waals surface area contributed by atoms with Gasteiger partial charge in [-0.2, -0.15) is 10.5 Å². The number of nitriles is 2. The van der Waals surface area contributed by atoms with E-state index in [4.69, 9.17) is 4.74 Å². The van der Waals surface area contributed by atoms with Crippen molar-refractivity contribution >= 4 is 12.0 Å². The van der Waals surface area contributed by atoms with Gasteiger partial charge in [0.25, 0.3) is 0 Å². The molecule has 1 aliphatic carbocycles. The van der Waals surface area contributed by atoms with Crippen molar-refractivity contribution in [2.75, 3.05) is 6.61 Å². The van der Waals surface area contributed by atoms with Crippen LogP contribution < -0.4 is 0 Å². The molecule has 2 aliphatic heterocycles. The van der Waals surface area contributed by atoms with Gasteiger partial charge < -0.3 is 9.64 Å². The fourth-order valence-electron chi connectivity index (χ4n) is 5.73. The summed E-state index contributed by atoms with van der Waals surface area (Å²) in [5.41, 5.74) is -0.668. The van der Waals surface area contributed by atoms with Crippen molar-refractivity contribution < 1.29 is 9.53 Å². The van der Waals surface area contributed by atoms with Gasteiger partial charge in [-0.3, -0.25) is 4.79 Å². The molecule has 142 valence electrons. The Balaban J connectivity index is 1.85. The van der Waals surface area contributed by atoms with Gasteiger partial charge in [0.15, 0.2) is 0 Å². The van der Waals surface area contributed by atoms with Crippen molar-refractivity contribution in [1.29, 1.82) is 10.5 Å². The second kappa shape index (κ2) is 5.72. The van der Waals surface area contributed by atoms with Gasteiger partial charge in [-0.05, 0) is 36.1 Å². The standard InChI is InChI=1S/C24H19N3O2/c1-2-29-21(28)23-14-24(23,18-9-4-3-5-10-18)22(15-25,16-26)27-13-12-17-8-6-7-11-19(17)20(23)27/h3-13,20H,2,14H2,1H3/t20-,23+,24+/m1/s1. The Hall–Kier alpha value is -3.57. The largest absolute Gasteiger partial charge is 0.465 e. The Morgan fingerprint density at radius 2 is 1.83 bits per heavy atom. The predicted molar refractivity (Wildman–Crippen MR) is 106 cm³/mol. The van der Waals surface area contributed by atoms with Crippen LogP contribution >= 0.6 is 0 Å².